The fraction of sp³-hybridized carbons (Fsp3) is 0.0182. The van der Waals surface area contributed by atoms with Crippen molar-refractivity contribution in [2.75, 3.05) is 4.90 Å². The van der Waals surface area contributed by atoms with E-state index in [1.54, 1.807) is 0 Å². The molecule has 0 saturated heterocycles. The van der Waals surface area contributed by atoms with E-state index in [0.717, 1.165) is 67.2 Å². The summed E-state index contributed by atoms with van der Waals surface area (Å²) in [4.78, 5) is 13.0. The summed E-state index contributed by atoms with van der Waals surface area (Å²) in [6, 6.07) is 75.5. The third-order valence-electron chi connectivity index (χ3n) is 12.5. The lowest BCUT2D eigenvalue weighted by molar-refractivity contribution is 0.482. The summed E-state index contributed by atoms with van der Waals surface area (Å²) < 4.78 is 11.1. The Kier molecular flexibility index (Phi) is 8.30. The van der Waals surface area contributed by atoms with Crippen LogP contribution in [-0.2, 0) is 7.05 Å². The van der Waals surface area contributed by atoms with Gasteiger partial charge in [0, 0.05) is 41.6 Å². The number of aromatic nitrogens is 4. The number of hydrogen-bond donors (Lipinski definition) is 0. The van der Waals surface area contributed by atoms with Gasteiger partial charge < -0.3 is 14.2 Å². The molecule has 0 unspecified atom stereocenters. The number of imidazole rings is 1. The molecule has 1 aliphatic heterocycles. The molecular weight excluding hydrogens is 775 g/mol. The fourth-order valence-electron chi connectivity index (χ4n) is 9.86. The van der Waals surface area contributed by atoms with E-state index >= 15 is 0 Å². The highest BCUT2D eigenvalue weighted by Gasteiger charge is 2.50. The molecule has 3 aromatic heterocycles. The van der Waals surface area contributed by atoms with Crippen LogP contribution in [0.1, 0.15) is 0 Å². The van der Waals surface area contributed by atoms with Crippen molar-refractivity contribution in [3.63, 3.8) is 0 Å². The normalized spacial score (nSPS) is 13.0. The molecular formula is C55H39N5OSi. The van der Waals surface area contributed by atoms with Crippen LogP contribution in [-0.4, -0.2) is 27.2 Å². The first-order chi connectivity index (χ1) is 30.7. The van der Waals surface area contributed by atoms with Crippen LogP contribution in [0.15, 0.2) is 219 Å². The number of benzene rings is 8. The van der Waals surface area contributed by atoms with Crippen molar-refractivity contribution in [2.45, 2.75) is 0 Å². The zero-order valence-corrected chi connectivity index (χ0v) is 34.9. The van der Waals surface area contributed by atoms with E-state index in [-0.39, 0.29) is 0 Å². The molecule has 0 N–H and O–H groups in total. The van der Waals surface area contributed by atoms with Crippen LogP contribution in [0.2, 0.25) is 0 Å². The Morgan fingerprint density at radius 1 is 0.516 bits per heavy atom. The molecule has 0 saturated carbocycles. The average molecular weight is 814 g/mol. The van der Waals surface area contributed by atoms with Crippen molar-refractivity contribution < 1.29 is 4.74 Å². The van der Waals surface area contributed by atoms with Crippen molar-refractivity contribution >= 4 is 78.9 Å². The summed E-state index contributed by atoms with van der Waals surface area (Å²) in [5.74, 6) is 2.36. The summed E-state index contributed by atoms with van der Waals surface area (Å²) in [7, 11) is -0.903. The number of aryl methyl sites for hydroxylation is 1. The number of hydrogen-bond acceptors (Lipinski definition) is 4. The lowest BCUT2D eigenvalue weighted by Crippen LogP contribution is -2.77. The van der Waals surface area contributed by atoms with Gasteiger partial charge in [-0.15, -0.1) is 0 Å². The highest BCUT2D eigenvalue weighted by molar-refractivity contribution is 7.21. The second-order valence-corrected chi connectivity index (χ2v) is 19.6. The number of pyridine rings is 1. The Morgan fingerprint density at radius 2 is 1.13 bits per heavy atom. The first-order valence-electron chi connectivity index (χ1n) is 21.0. The van der Waals surface area contributed by atoms with E-state index in [9.17, 15) is 0 Å². The van der Waals surface area contributed by atoms with Crippen molar-refractivity contribution in [3.05, 3.63) is 219 Å². The minimum atomic E-state index is -2.96. The van der Waals surface area contributed by atoms with Gasteiger partial charge in [-0.2, -0.15) is 0 Å². The monoisotopic (exact) mass is 813 g/mol. The number of ether oxygens (including phenoxy) is 1. The second kappa shape index (κ2) is 14.3. The molecule has 0 radical (unpaired) electrons. The number of para-hydroxylation sites is 5. The van der Waals surface area contributed by atoms with Gasteiger partial charge in [0.2, 0.25) is 0 Å². The predicted octanol–water partition coefficient (Wildman–Crippen LogP) is 10.7. The first kappa shape index (κ1) is 35.9. The third kappa shape index (κ3) is 5.42. The highest BCUT2D eigenvalue weighted by atomic mass is 28.3. The van der Waals surface area contributed by atoms with E-state index in [0.29, 0.717) is 0 Å². The van der Waals surface area contributed by atoms with Gasteiger partial charge in [0.05, 0.1) is 33.3 Å². The lowest BCUT2D eigenvalue weighted by Gasteiger charge is -2.45. The molecule has 0 aliphatic carbocycles. The van der Waals surface area contributed by atoms with Crippen LogP contribution in [0.25, 0.3) is 50.0 Å². The standard InChI is InChI=1S/C55H39N5OSi/c1-58-48-32-14-12-30-46(48)57-54(58)38-19-17-23-41(35-38)61-42-24-18-22-40(36-42)60-47-31-13-11-29-45(47)52-53-51(37-56-55(52)60)62(43-25-7-3-8-26-43,44-27-9-4-10-28-44)50-34-16-15-33-49(50)59(53)39-20-5-2-6-21-39/h2-37H,1H3. The molecule has 0 bridgehead atoms. The van der Waals surface area contributed by atoms with Crippen LogP contribution >= 0.6 is 0 Å². The van der Waals surface area contributed by atoms with Crippen LogP contribution in [0.4, 0.5) is 17.1 Å². The van der Waals surface area contributed by atoms with Crippen LogP contribution in [0, 0.1) is 0 Å². The average Bonchev–Trinajstić information content (AvgIpc) is 3.86. The Balaban J connectivity index is 1.08. The zero-order chi connectivity index (χ0) is 41.2. The molecule has 294 valence electrons. The van der Waals surface area contributed by atoms with E-state index < -0.39 is 8.07 Å². The molecule has 7 heteroatoms. The Labute approximate surface area is 360 Å². The van der Waals surface area contributed by atoms with Gasteiger partial charge in [-0.1, -0.05) is 146 Å². The number of nitrogens with zero attached hydrogens (tertiary/aromatic N) is 5. The highest BCUT2D eigenvalue weighted by Crippen LogP contribution is 2.45. The molecule has 0 atom stereocenters. The molecule has 4 heterocycles. The van der Waals surface area contributed by atoms with E-state index in [1.807, 2.05) is 36.4 Å². The minimum Gasteiger partial charge on any atom is -0.457 e. The van der Waals surface area contributed by atoms with Gasteiger partial charge in [-0.25, -0.2) is 9.97 Å². The molecule has 62 heavy (non-hydrogen) atoms. The Bertz CT molecular complexity index is 3430. The smallest absolute Gasteiger partial charge is 0.186 e. The summed E-state index contributed by atoms with van der Waals surface area (Å²) in [5, 5.41) is 7.48. The topological polar surface area (TPSA) is 48.1 Å². The second-order valence-electron chi connectivity index (χ2n) is 15.9. The zero-order valence-electron chi connectivity index (χ0n) is 33.9. The third-order valence-corrected chi connectivity index (χ3v) is 17.3. The van der Waals surface area contributed by atoms with Crippen molar-refractivity contribution in [3.8, 4) is 28.6 Å². The Hall–Kier alpha value is -8.00. The number of fused-ring (bicyclic) bond motifs is 7. The molecule has 6 nitrogen and oxygen atoms in total. The molecule has 0 spiro atoms. The van der Waals surface area contributed by atoms with E-state index in [1.165, 1.54) is 32.1 Å². The van der Waals surface area contributed by atoms with Crippen LogP contribution < -0.4 is 30.4 Å². The number of anilines is 3. The summed E-state index contributed by atoms with van der Waals surface area (Å²) in [6.07, 6.45) is 2.19. The maximum Gasteiger partial charge on any atom is 0.186 e. The van der Waals surface area contributed by atoms with Gasteiger partial charge in [-0.05, 0) is 81.4 Å². The van der Waals surface area contributed by atoms with Gasteiger partial charge in [0.25, 0.3) is 0 Å². The maximum atomic E-state index is 6.67. The minimum absolute atomic E-state index is 0.730. The summed E-state index contributed by atoms with van der Waals surface area (Å²) >= 11 is 0. The maximum absolute atomic E-state index is 6.67. The summed E-state index contributed by atoms with van der Waals surface area (Å²) in [6.45, 7) is 0. The van der Waals surface area contributed by atoms with Gasteiger partial charge >= 0.3 is 0 Å². The molecule has 8 aromatic carbocycles. The van der Waals surface area contributed by atoms with Crippen LogP contribution in [0.5, 0.6) is 11.5 Å². The number of rotatable bonds is 7. The molecule has 12 rings (SSSR count). The SMILES string of the molecule is Cn1c(-c2cccc(Oc3cccc(-n4c5ccccc5c5c6c(cnc54)[Si](c4ccccc4)(c4ccccc4)c4ccccc4N6c4ccccc4)c3)c2)nc2ccccc21. The predicted molar refractivity (Wildman–Crippen MR) is 257 cm³/mol. The lowest BCUT2D eigenvalue weighted by atomic mass is 10.1. The van der Waals surface area contributed by atoms with Crippen LogP contribution in [0.3, 0.4) is 0 Å². The molecule has 1 aliphatic rings. The van der Waals surface area contributed by atoms with Crippen molar-refractivity contribution in [1.29, 1.82) is 0 Å². The van der Waals surface area contributed by atoms with Gasteiger partial charge in [0.15, 0.2) is 8.07 Å². The van der Waals surface area contributed by atoms with Crippen molar-refractivity contribution in [1.82, 2.24) is 19.1 Å². The fourth-order valence-corrected chi connectivity index (χ4v) is 14.9. The summed E-state index contributed by atoms with van der Waals surface area (Å²) in [5.41, 5.74) is 9.42. The quantitative estimate of drug-likeness (QED) is 0.150. The Morgan fingerprint density at radius 3 is 1.89 bits per heavy atom. The van der Waals surface area contributed by atoms with Gasteiger partial charge in [-0.3, -0.25) is 4.57 Å². The molecule has 0 amide bonds. The van der Waals surface area contributed by atoms with Gasteiger partial charge in [0.1, 0.15) is 23.0 Å². The largest absolute Gasteiger partial charge is 0.457 e. The molecule has 0 fully saturated rings. The first-order valence-corrected chi connectivity index (χ1v) is 23.0. The van der Waals surface area contributed by atoms with Crippen molar-refractivity contribution in [2.24, 2.45) is 7.05 Å². The van der Waals surface area contributed by atoms with E-state index in [4.69, 9.17) is 14.7 Å². The molecule has 11 aromatic rings. The van der Waals surface area contributed by atoms with E-state index in [2.05, 4.69) is 203 Å².